The summed E-state index contributed by atoms with van der Waals surface area (Å²) in [5.74, 6) is 0.925. The Bertz CT molecular complexity index is 206. The van der Waals surface area contributed by atoms with E-state index in [-0.39, 0.29) is 5.91 Å². The van der Waals surface area contributed by atoms with E-state index >= 15 is 0 Å². The Labute approximate surface area is 93.2 Å². The van der Waals surface area contributed by atoms with Crippen molar-refractivity contribution in [2.75, 3.05) is 20.1 Å². The molecule has 3 heteroatoms. The van der Waals surface area contributed by atoms with Gasteiger partial charge in [0.15, 0.2) is 0 Å². The maximum atomic E-state index is 11.6. The van der Waals surface area contributed by atoms with Gasteiger partial charge in [0.25, 0.3) is 0 Å². The molecule has 0 radical (unpaired) electrons. The first kappa shape index (κ1) is 12.5. The van der Waals surface area contributed by atoms with Crippen LogP contribution in [0.15, 0.2) is 0 Å². The second-order valence-corrected chi connectivity index (χ2v) is 4.66. The van der Waals surface area contributed by atoms with Crippen LogP contribution in [0.1, 0.15) is 39.5 Å². The van der Waals surface area contributed by atoms with Gasteiger partial charge in [-0.2, -0.15) is 0 Å². The Morgan fingerprint density at radius 1 is 1.40 bits per heavy atom. The molecule has 0 aromatic carbocycles. The van der Waals surface area contributed by atoms with Crippen molar-refractivity contribution in [2.24, 2.45) is 5.92 Å². The molecule has 2 unspecified atom stereocenters. The molecule has 0 heterocycles. The molecule has 2 atom stereocenters. The highest BCUT2D eigenvalue weighted by Gasteiger charge is 2.21. The minimum atomic E-state index is 0.204. The van der Waals surface area contributed by atoms with Crippen LogP contribution in [0.2, 0.25) is 0 Å². The smallest absolute Gasteiger partial charge is 0.236 e. The summed E-state index contributed by atoms with van der Waals surface area (Å²) in [6.07, 6.45) is 5.18. The summed E-state index contributed by atoms with van der Waals surface area (Å²) in [6, 6.07) is 0.549. The molecule has 1 aliphatic carbocycles. The fraction of sp³-hybridized carbons (Fsp3) is 0.917. The number of hydrogen-bond acceptors (Lipinski definition) is 2. The largest absolute Gasteiger partial charge is 0.345 e. The lowest BCUT2D eigenvalue weighted by molar-refractivity contribution is -0.129. The van der Waals surface area contributed by atoms with Gasteiger partial charge in [0.05, 0.1) is 6.54 Å². The van der Waals surface area contributed by atoms with Gasteiger partial charge in [-0.1, -0.05) is 19.8 Å². The standard InChI is InChI=1S/C12H24N2O/c1-4-14(3)12(15)9-13-11-8-6-5-7-10(11)2/h10-11,13H,4-9H2,1-3H3. The van der Waals surface area contributed by atoms with Gasteiger partial charge in [-0.15, -0.1) is 0 Å². The van der Waals surface area contributed by atoms with Crippen molar-refractivity contribution in [3.63, 3.8) is 0 Å². The fourth-order valence-corrected chi connectivity index (χ4v) is 2.15. The van der Waals surface area contributed by atoms with E-state index in [1.807, 2.05) is 14.0 Å². The van der Waals surface area contributed by atoms with Gasteiger partial charge in [0.2, 0.25) is 5.91 Å². The fourth-order valence-electron chi connectivity index (χ4n) is 2.15. The molecule has 15 heavy (non-hydrogen) atoms. The molecule has 0 bridgehead atoms. The summed E-state index contributed by atoms with van der Waals surface area (Å²) in [5.41, 5.74) is 0. The molecule has 1 N–H and O–H groups in total. The monoisotopic (exact) mass is 212 g/mol. The van der Waals surface area contributed by atoms with Crippen LogP contribution in [-0.2, 0) is 4.79 Å². The number of likely N-dealkylation sites (N-methyl/N-ethyl adjacent to an activating group) is 1. The summed E-state index contributed by atoms with van der Waals surface area (Å²) < 4.78 is 0. The molecule has 1 saturated carbocycles. The first-order chi connectivity index (χ1) is 7.15. The highest BCUT2D eigenvalue weighted by Crippen LogP contribution is 2.23. The molecule has 1 amide bonds. The lowest BCUT2D eigenvalue weighted by Gasteiger charge is -2.30. The molecule has 3 nitrogen and oxygen atoms in total. The van der Waals surface area contributed by atoms with E-state index in [9.17, 15) is 4.79 Å². The summed E-state index contributed by atoms with van der Waals surface area (Å²) in [5, 5.41) is 3.40. The molecular formula is C12H24N2O. The van der Waals surface area contributed by atoms with Gasteiger partial charge in [0, 0.05) is 19.6 Å². The van der Waals surface area contributed by atoms with Crippen LogP contribution in [0.25, 0.3) is 0 Å². The highest BCUT2D eigenvalue weighted by atomic mass is 16.2. The van der Waals surface area contributed by atoms with Crippen LogP contribution in [0.3, 0.4) is 0 Å². The zero-order valence-electron chi connectivity index (χ0n) is 10.3. The minimum absolute atomic E-state index is 0.204. The lowest BCUT2D eigenvalue weighted by Crippen LogP contribution is -2.43. The first-order valence-corrected chi connectivity index (χ1v) is 6.12. The predicted molar refractivity (Wildman–Crippen MR) is 62.7 cm³/mol. The molecule has 0 saturated heterocycles. The number of carbonyl (C=O) groups excluding carboxylic acids is 1. The predicted octanol–water partition coefficient (Wildman–Crippen LogP) is 1.63. The maximum Gasteiger partial charge on any atom is 0.236 e. The molecule has 1 aliphatic rings. The number of rotatable bonds is 4. The van der Waals surface area contributed by atoms with Crippen molar-refractivity contribution in [3.8, 4) is 0 Å². The maximum absolute atomic E-state index is 11.6. The van der Waals surface area contributed by atoms with E-state index in [4.69, 9.17) is 0 Å². The van der Waals surface area contributed by atoms with Gasteiger partial charge in [-0.3, -0.25) is 4.79 Å². The number of carbonyl (C=O) groups is 1. The molecule has 0 aromatic rings. The van der Waals surface area contributed by atoms with Crippen LogP contribution < -0.4 is 5.32 Å². The number of amides is 1. The zero-order chi connectivity index (χ0) is 11.3. The van der Waals surface area contributed by atoms with Crippen LogP contribution >= 0.6 is 0 Å². The average molecular weight is 212 g/mol. The van der Waals surface area contributed by atoms with Crippen molar-refractivity contribution < 1.29 is 4.79 Å². The molecule has 0 aromatic heterocycles. The minimum Gasteiger partial charge on any atom is -0.345 e. The summed E-state index contributed by atoms with van der Waals surface area (Å²) in [6.45, 7) is 5.58. The molecule has 1 rings (SSSR count). The SMILES string of the molecule is CCN(C)C(=O)CNC1CCCCC1C. The van der Waals surface area contributed by atoms with Crippen molar-refractivity contribution in [3.05, 3.63) is 0 Å². The third-order valence-corrected chi connectivity index (χ3v) is 3.53. The Morgan fingerprint density at radius 2 is 2.07 bits per heavy atom. The van der Waals surface area contributed by atoms with Crippen molar-refractivity contribution >= 4 is 5.91 Å². The van der Waals surface area contributed by atoms with Gasteiger partial charge in [-0.05, 0) is 25.7 Å². The van der Waals surface area contributed by atoms with E-state index in [1.165, 1.54) is 25.7 Å². The third kappa shape index (κ3) is 3.82. The molecule has 0 aliphatic heterocycles. The van der Waals surface area contributed by atoms with Crippen molar-refractivity contribution in [2.45, 2.75) is 45.6 Å². The van der Waals surface area contributed by atoms with Gasteiger partial charge in [-0.25, -0.2) is 0 Å². The van der Waals surface area contributed by atoms with E-state index in [0.29, 0.717) is 12.6 Å². The quantitative estimate of drug-likeness (QED) is 0.768. The highest BCUT2D eigenvalue weighted by molar-refractivity contribution is 5.77. The van der Waals surface area contributed by atoms with Gasteiger partial charge < -0.3 is 10.2 Å². The molecule has 88 valence electrons. The molecule has 0 spiro atoms. The first-order valence-electron chi connectivity index (χ1n) is 6.12. The third-order valence-electron chi connectivity index (χ3n) is 3.53. The number of nitrogens with zero attached hydrogens (tertiary/aromatic N) is 1. The zero-order valence-corrected chi connectivity index (χ0v) is 10.3. The Balaban J connectivity index is 2.26. The van der Waals surface area contributed by atoms with Crippen molar-refractivity contribution in [1.82, 2.24) is 10.2 Å². The molecular weight excluding hydrogens is 188 g/mol. The Morgan fingerprint density at radius 3 is 2.67 bits per heavy atom. The number of hydrogen-bond donors (Lipinski definition) is 1. The lowest BCUT2D eigenvalue weighted by atomic mass is 9.86. The average Bonchev–Trinajstić information content (AvgIpc) is 2.26. The Kier molecular flexibility index (Phi) is 5.09. The van der Waals surface area contributed by atoms with Crippen LogP contribution in [0.5, 0.6) is 0 Å². The second-order valence-electron chi connectivity index (χ2n) is 4.66. The normalized spacial score (nSPS) is 26.3. The van der Waals surface area contributed by atoms with Gasteiger partial charge in [0.1, 0.15) is 0 Å². The second kappa shape index (κ2) is 6.11. The van der Waals surface area contributed by atoms with Crippen LogP contribution in [0, 0.1) is 5.92 Å². The topological polar surface area (TPSA) is 32.3 Å². The van der Waals surface area contributed by atoms with Gasteiger partial charge >= 0.3 is 0 Å². The van der Waals surface area contributed by atoms with Crippen LogP contribution in [-0.4, -0.2) is 37.0 Å². The van der Waals surface area contributed by atoms with E-state index < -0.39 is 0 Å². The molecule has 1 fully saturated rings. The summed E-state index contributed by atoms with van der Waals surface area (Å²) >= 11 is 0. The van der Waals surface area contributed by atoms with Crippen molar-refractivity contribution in [1.29, 1.82) is 0 Å². The van der Waals surface area contributed by atoms with E-state index in [2.05, 4.69) is 12.2 Å². The summed E-state index contributed by atoms with van der Waals surface area (Å²) in [7, 11) is 1.86. The van der Waals surface area contributed by atoms with E-state index in [0.717, 1.165) is 12.5 Å². The summed E-state index contributed by atoms with van der Waals surface area (Å²) in [4.78, 5) is 13.4. The number of nitrogens with one attached hydrogen (secondary N) is 1. The van der Waals surface area contributed by atoms with E-state index in [1.54, 1.807) is 4.90 Å². The Hall–Kier alpha value is -0.570. The van der Waals surface area contributed by atoms with Crippen LogP contribution in [0.4, 0.5) is 0 Å².